The van der Waals surface area contributed by atoms with E-state index in [0.29, 0.717) is 22.2 Å². The van der Waals surface area contributed by atoms with Gasteiger partial charge in [-0.25, -0.2) is 14.6 Å². The van der Waals surface area contributed by atoms with Crippen molar-refractivity contribution < 1.29 is 19.4 Å². The minimum Gasteiger partial charge on any atom is -0.478 e. The average molecular weight is 241 g/mol. The maximum absolute atomic E-state index is 11.4. The molecular weight excluding hydrogens is 230 g/mol. The minimum atomic E-state index is -1.05. The maximum atomic E-state index is 11.4. The molecule has 0 amide bonds. The summed E-state index contributed by atoms with van der Waals surface area (Å²) in [6.45, 7) is 3.71. The molecular formula is C10H11NO4S. The molecule has 0 saturated heterocycles. The fraction of sp³-hybridized carbons (Fsp3) is 0.300. The van der Waals surface area contributed by atoms with Crippen LogP contribution in [-0.4, -0.2) is 28.6 Å². The third-order valence-electron chi connectivity index (χ3n) is 1.64. The van der Waals surface area contributed by atoms with Crippen molar-refractivity contribution in [3.05, 3.63) is 21.7 Å². The molecule has 0 aliphatic carbocycles. The number of carboxylic acid groups (broad SMARTS) is 1. The number of carboxylic acids is 1. The number of carbonyl (C=O) groups is 2. The van der Waals surface area contributed by atoms with Crippen LogP contribution in [0.5, 0.6) is 0 Å². The van der Waals surface area contributed by atoms with Crippen molar-refractivity contribution in [2.24, 2.45) is 0 Å². The van der Waals surface area contributed by atoms with Gasteiger partial charge in [0.05, 0.1) is 12.3 Å². The quantitative estimate of drug-likeness (QED) is 0.641. The lowest BCUT2D eigenvalue weighted by Crippen LogP contribution is -2.03. The molecule has 86 valence electrons. The normalized spacial score (nSPS) is 10.6. The summed E-state index contributed by atoms with van der Waals surface area (Å²) in [4.78, 5) is 26.2. The molecule has 0 radical (unpaired) electrons. The van der Waals surface area contributed by atoms with E-state index in [-0.39, 0.29) is 0 Å². The number of carbonyl (C=O) groups excluding carboxylic acids is 1. The first-order valence-corrected chi connectivity index (χ1v) is 5.41. The van der Waals surface area contributed by atoms with Gasteiger partial charge in [0.15, 0.2) is 0 Å². The summed E-state index contributed by atoms with van der Waals surface area (Å²) in [5, 5.41) is 8.92. The highest BCUT2D eigenvalue weighted by Gasteiger charge is 2.14. The number of esters is 1. The van der Waals surface area contributed by atoms with Gasteiger partial charge in [-0.15, -0.1) is 11.3 Å². The van der Waals surface area contributed by atoms with Crippen LogP contribution >= 0.6 is 11.3 Å². The molecule has 1 heterocycles. The fourth-order valence-electron chi connectivity index (χ4n) is 1.02. The summed E-state index contributed by atoms with van der Waals surface area (Å²) >= 11 is 1.11. The third-order valence-corrected chi connectivity index (χ3v) is 2.75. The zero-order chi connectivity index (χ0) is 12.1. The molecule has 1 aromatic rings. The van der Waals surface area contributed by atoms with Crippen LogP contribution in [0, 0.1) is 6.92 Å². The Morgan fingerprint density at radius 3 is 2.81 bits per heavy atom. The summed E-state index contributed by atoms with van der Waals surface area (Å²) in [5.74, 6) is -1.47. The Bertz CT molecular complexity index is 436. The van der Waals surface area contributed by atoms with Gasteiger partial charge in [0, 0.05) is 6.08 Å². The molecule has 0 bridgehead atoms. The maximum Gasteiger partial charge on any atom is 0.350 e. The van der Waals surface area contributed by atoms with E-state index in [4.69, 9.17) is 9.84 Å². The lowest BCUT2D eigenvalue weighted by Gasteiger charge is -1.97. The van der Waals surface area contributed by atoms with Crippen molar-refractivity contribution in [3.8, 4) is 0 Å². The largest absolute Gasteiger partial charge is 0.478 e. The lowest BCUT2D eigenvalue weighted by molar-refractivity contribution is -0.131. The topological polar surface area (TPSA) is 76.5 Å². The number of nitrogens with zero attached hydrogens (tertiary/aromatic N) is 1. The van der Waals surface area contributed by atoms with Crippen LogP contribution in [0.15, 0.2) is 6.08 Å². The highest BCUT2D eigenvalue weighted by molar-refractivity contribution is 7.14. The van der Waals surface area contributed by atoms with Crippen LogP contribution in [0.1, 0.15) is 27.3 Å². The Morgan fingerprint density at radius 1 is 1.56 bits per heavy atom. The van der Waals surface area contributed by atoms with E-state index in [1.54, 1.807) is 13.8 Å². The second-order valence-electron chi connectivity index (χ2n) is 2.86. The van der Waals surface area contributed by atoms with Crippen LogP contribution in [0.25, 0.3) is 6.08 Å². The van der Waals surface area contributed by atoms with Crippen molar-refractivity contribution in [3.63, 3.8) is 0 Å². The number of aryl methyl sites for hydroxylation is 1. The number of hydrogen-bond acceptors (Lipinski definition) is 5. The number of aromatic nitrogens is 1. The minimum absolute atomic E-state index is 0.302. The van der Waals surface area contributed by atoms with Crippen LogP contribution < -0.4 is 0 Å². The highest BCUT2D eigenvalue weighted by atomic mass is 32.1. The Labute approximate surface area is 96.4 Å². The average Bonchev–Trinajstić information content (AvgIpc) is 2.57. The van der Waals surface area contributed by atoms with Crippen molar-refractivity contribution in [2.75, 3.05) is 6.61 Å². The monoisotopic (exact) mass is 241 g/mol. The Hall–Kier alpha value is -1.69. The van der Waals surface area contributed by atoms with Gasteiger partial charge < -0.3 is 9.84 Å². The molecule has 1 N–H and O–H groups in total. The van der Waals surface area contributed by atoms with E-state index in [0.717, 1.165) is 17.4 Å². The molecule has 0 aromatic carbocycles. The lowest BCUT2D eigenvalue weighted by atomic mass is 10.4. The summed E-state index contributed by atoms with van der Waals surface area (Å²) in [5.41, 5.74) is 0.550. The molecule has 0 fully saturated rings. The summed E-state index contributed by atoms with van der Waals surface area (Å²) in [6.07, 6.45) is 2.33. The fourth-order valence-corrected chi connectivity index (χ4v) is 1.88. The van der Waals surface area contributed by atoms with E-state index < -0.39 is 11.9 Å². The third kappa shape index (κ3) is 3.16. The van der Waals surface area contributed by atoms with E-state index in [1.165, 1.54) is 6.08 Å². The first-order chi connectivity index (χ1) is 7.54. The molecule has 0 atom stereocenters. The van der Waals surface area contributed by atoms with Crippen LogP contribution in [0.2, 0.25) is 0 Å². The molecule has 0 unspecified atom stereocenters. The number of ether oxygens (including phenoxy) is 1. The van der Waals surface area contributed by atoms with E-state index in [1.807, 2.05) is 0 Å². The van der Waals surface area contributed by atoms with Gasteiger partial charge in [0.1, 0.15) is 9.88 Å². The van der Waals surface area contributed by atoms with Crippen molar-refractivity contribution in [1.82, 2.24) is 4.98 Å². The number of aliphatic carboxylic acids is 1. The van der Waals surface area contributed by atoms with Crippen LogP contribution in [-0.2, 0) is 9.53 Å². The number of hydrogen-bond donors (Lipinski definition) is 1. The van der Waals surface area contributed by atoms with Gasteiger partial charge in [-0.1, -0.05) is 0 Å². The Balaban J connectivity index is 2.89. The molecule has 1 rings (SSSR count). The first-order valence-electron chi connectivity index (χ1n) is 4.60. The van der Waals surface area contributed by atoms with Crippen LogP contribution in [0.3, 0.4) is 0 Å². The molecule has 0 aliphatic heterocycles. The Morgan fingerprint density at radius 2 is 2.25 bits per heavy atom. The smallest absolute Gasteiger partial charge is 0.350 e. The zero-order valence-electron chi connectivity index (χ0n) is 8.89. The standard InChI is InChI=1S/C10H11NO4S/c1-3-15-10(14)9-6(2)11-7(16-9)4-5-8(12)13/h4-5H,3H2,1-2H3,(H,12,13). The predicted molar refractivity (Wildman–Crippen MR) is 59.5 cm³/mol. The summed E-state index contributed by atoms with van der Waals surface area (Å²) < 4.78 is 4.84. The van der Waals surface area contributed by atoms with Crippen LogP contribution in [0.4, 0.5) is 0 Å². The number of thiazole rings is 1. The molecule has 1 aromatic heterocycles. The first kappa shape index (κ1) is 12.4. The van der Waals surface area contributed by atoms with Crippen molar-refractivity contribution >= 4 is 29.4 Å². The Kier molecular flexibility index (Phi) is 4.19. The van der Waals surface area contributed by atoms with Gasteiger partial charge >= 0.3 is 11.9 Å². The second-order valence-corrected chi connectivity index (χ2v) is 3.89. The van der Waals surface area contributed by atoms with Crippen molar-refractivity contribution in [2.45, 2.75) is 13.8 Å². The molecule has 0 saturated carbocycles. The van der Waals surface area contributed by atoms with Gasteiger partial charge in [0.2, 0.25) is 0 Å². The zero-order valence-corrected chi connectivity index (χ0v) is 9.71. The predicted octanol–water partition coefficient (Wildman–Crippen LogP) is 1.73. The second kappa shape index (κ2) is 5.41. The molecule has 0 spiro atoms. The number of rotatable bonds is 4. The van der Waals surface area contributed by atoms with E-state index in [2.05, 4.69) is 4.98 Å². The molecule has 16 heavy (non-hydrogen) atoms. The summed E-state index contributed by atoms with van der Waals surface area (Å²) in [7, 11) is 0. The highest BCUT2D eigenvalue weighted by Crippen LogP contribution is 2.20. The molecule has 6 heteroatoms. The van der Waals surface area contributed by atoms with Crippen molar-refractivity contribution in [1.29, 1.82) is 0 Å². The van der Waals surface area contributed by atoms with Gasteiger partial charge in [-0.05, 0) is 19.9 Å². The van der Waals surface area contributed by atoms with Gasteiger partial charge in [0.25, 0.3) is 0 Å². The summed E-state index contributed by atoms with van der Waals surface area (Å²) in [6, 6.07) is 0. The molecule has 0 aliphatic rings. The van der Waals surface area contributed by atoms with E-state index in [9.17, 15) is 9.59 Å². The van der Waals surface area contributed by atoms with E-state index >= 15 is 0 Å². The SMILES string of the molecule is CCOC(=O)c1sc(C=CC(=O)O)nc1C. The van der Waals surface area contributed by atoms with Gasteiger partial charge in [-0.2, -0.15) is 0 Å². The molecule has 5 nitrogen and oxygen atoms in total. The van der Waals surface area contributed by atoms with Gasteiger partial charge in [-0.3, -0.25) is 0 Å².